The second kappa shape index (κ2) is 9.63. The number of fused-ring (bicyclic) bond motifs is 5. The van der Waals surface area contributed by atoms with E-state index in [2.05, 4.69) is 13.8 Å². The standard InChI is InChI=1S/C29H45N3O5/c1-15(2)7-6-8-17(26(35)36)23-19-13-20(30)25-27(4)11-10-21(34)24(31)18(27)9-12-29(25,32)28(19,5)14-22(23)37-16(3)33/h6-8,18-22,24-25,34H,9-14,30-32H2,1-5H3,(H,35,36)/b8-6-,23-17-/t18-,19?,20+,21+,22-,24-,25-,27-,28-,29+/m0/s1. The van der Waals surface area contributed by atoms with Crippen molar-refractivity contribution in [3.8, 4) is 0 Å². The number of allylic oxidation sites excluding steroid dienone is 3. The van der Waals surface area contributed by atoms with E-state index in [0.717, 1.165) is 18.4 Å². The van der Waals surface area contributed by atoms with Crippen molar-refractivity contribution in [2.75, 3.05) is 0 Å². The molecule has 0 aromatic carbocycles. The molecule has 206 valence electrons. The first kappa shape index (κ1) is 28.0. The van der Waals surface area contributed by atoms with Crippen LogP contribution in [0.4, 0.5) is 0 Å². The maximum absolute atomic E-state index is 12.6. The van der Waals surface area contributed by atoms with Gasteiger partial charge in [-0.2, -0.15) is 0 Å². The first-order chi connectivity index (χ1) is 17.2. The Balaban J connectivity index is 1.86. The number of hydrogen-bond donors (Lipinski definition) is 5. The highest BCUT2D eigenvalue weighted by atomic mass is 16.5. The fraction of sp³-hybridized carbons (Fsp3) is 0.724. The highest BCUT2D eigenvalue weighted by Gasteiger charge is 2.71. The van der Waals surface area contributed by atoms with Crippen LogP contribution in [0.25, 0.3) is 0 Å². The molecule has 4 aliphatic carbocycles. The Labute approximate surface area is 220 Å². The molecule has 0 aromatic rings. The van der Waals surface area contributed by atoms with E-state index in [4.69, 9.17) is 21.9 Å². The zero-order chi connectivity index (χ0) is 27.5. The molecule has 4 rings (SSSR count). The molecule has 37 heavy (non-hydrogen) atoms. The molecule has 0 bridgehead atoms. The SMILES string of the molecule is CC(=O)O[C@H]1C[C@@]2(C)C(C[C@@H](N)[C@H]3[C@@]4(C)CC[C@@H](O)[C@@H](N)[C@@H]4CC[C@@]32N)/C1=C(\C=C/C=C(C)C)C(=O)O. The minimum absolute atomic E-state index is 0.0506. The van der Waals surface area contributed by atoms with E-state index >= 15 is 0 Å². The van der Waals surface area contributed by atoms with Gasteiger partial charge in [0, 0.05) is 24.5 Å². The number of carbonyl (C=O) groups excluding carboxylic acids is 1. The molecular weight excluding hydrogens is 470 g/mol. The van der Waals surface area contributed by atoms with Gasteiger partial charge < -0.3 is 32.2 Å². The Hall–Kier alpha value is -2.00. The third kappa shape index (κ3) is 4.30. The van der Waals surface area contributed by atoms with Gasteiger partial charge in [0.1, 0.15) is 6.10 Å². The van der Waals surface area contributed by atoms with Crippen molar-refractivity contribution >= 4 is 11.9 Å². The van der Waals surface area contributed by atoms with Crippen LogP contribution in [0.1, 0.15) is 73.1 Å². The van der Waals surface area contributed by atoms with E-state index in [1.54, 1.807) is 12.2 Å². The molecule has 0 spiro atoms. The molecule has 8 N–H and O–H groups in total. The molecule has 0 aliphatic heterocycles. The predicted octanol–water partition coefficient (Wildman–Crippen LogP) is 2.79. The third-order valence-corrected chi connectivity index (χ3v) is 10.5. The summed E-state index contributed by atoms with van der Waals surface area (Å²) >= 11 is 0. The molecule has 4 fully saturated rings. The molecular formula is C29H45N3O5. The Morgan fingerprint density at radius 2 is 1.78 bits per heavy atom. The van der Waals surface area contributed by atoms with E-state index in [9.17, 15) is 19.8 Å². The Morgan fingerprint density at radius 3 is 2.38 bits per heavy atom. The summed E-state index contributed by atoms with van der Waals surface area (Å²) in [7, 11) is 0. The van der Waals surface area contributed by atoms with Crippen molar-refractivity contribution in [3.63, 3.8) is 0 Å². The average Bonchev–Trinajstić information content (AvgIpc) is 3.05. The molecule has 0 amide bonds. The van der Waals surface area contributed by atoms with Gasteiger partial charge in [0.15, 0.2) is 0 Å². The molecule has 10 atom stereocenters. The summed E-state index contributed by atoms with van der Waals surface area (Å²) in [6.45, 7) is 9.61. The Bertz CT molecular complexity index is 1050. The minimum atomic E-state index is -1.06. The number of nitrogens with two attached hydrogens (primary N) is 3. The minimum Gasteiger partial charge on any atom is -0.478 e. The summed E-state index contributed by atoms with van der Waals surface area (Å²) in [5.41, 5.74) is 21.4. The van der Waals surface area contributed by atoms with Crippen LogP contribution in [-0.2, 0) is 14.3 Å². The van der Waals surface area contributed by atoms with Gasteiger partial charge in [0.2, 0.25) is 0 Å². The number of aliphatic carboxylic acids is 1. The summed E-state index contributed by atoms with van der Waals surface area (Å²) < 4.78 is 5.80. The van der Waals surface area contributed by atoms with Crippen molar-refractivity contribution in [1.82, 2.24) is 0 Å². The van der Waals surface area contributed by atoms with Gasteiger partial charge >= 0.3 is 11.9 Å². The fourth-order valence-electron chi connectivity index (χ4n) is 8.91. The lowest BCUT2D eigenvalue weighted by molar-refractivity contribution is -0.160. The topological polar surface area (TPSA) is 162 Å². The van der Waals surface area contributed by atoms with Gasteiger partial charge in [0.25, 0.3) is 0 Å². The lowest BCUT2D eigenvalue weighted by Crippen LogP contribution is -2.76. The molecule has 8 nitrogen and oxygen atoms in total. The van der Waals surface area contributed by atoms with E-state index in [-0.39, 0.29) is 40.8 Å². The Morgan fingerprint density at radius 1 is 1.11 bits per heavy atom. The molecule has 1 unspecified atom stereocenters. The molecule has 0 radical (unpaired) electrons. The fourth-order valence-corrected chi connectivity index (χ4v) is 8.91. The van der Waals surface area contributed by atoms with E-state index in [1.165, 1.54) is 6.92 Å². The van der Waals surface area contributed by atoms with Crippen LogP contribution >= 0.6 is 0 Å². The highest BCUT2D eigenvalue weighted by molar-refractivity contribution is 5.91. The lowest BCUT2D eigenvalue weighted by atomic mass is 9.39. The van der Waals surface area contributed by atoms with Crippen LogP contribution < -0.4 is 17.2 Å². The number of esters is 1. The first-order valence-corrected chi connectivity index (χ1v) is 13.6. The van der Waals surface area contributed by atoms with Crippen LogP contribution in [0.5, 0.6) is 0 Å². The molecule has 0 saturated heterocycles. The summed E-state index contributed by atoms with van der Waals surface area (Å²) in [5, 5.41) is 20.8. The number of carboxylic acid groups (broad SMARTS) is 1. The number of aliphatic hydroxyl groups is 1. The van der Waals surface area contributed by atoms with Crippen LogP contribution in [-0.4, -0.2) is 52.0 Å². The lowest BCUT2D eigenvalue weighted by Gasteiger charge is -2.68. The van der Waals surface area contributed by atoms with Crippen molar-refractivity contribution in [2.24, 2.45) is 45.8 Å². The summed E-state index contributed by atoms with van der Waals surface area (Å²) in [6.07, 6.45) is 7.87. The number of hydrogen-bond acceptors (Lipinski definition) is 7. The third-order valence-electron chi connectivity index (χ3n) is 10.5. The number of carboxylic acids is 1. The second-order valence-electron chi connectivity index (χ2n) is 12.8. The van der Waals surface area contributed by atoms with E-state index < -0.39 is 35.1 Å². The van der Waals surface area contributed by atoms with Gasteiger partial charge in [-0.1, -0.05) is 31.6 Å². The van der Waals surface area contributed by atoms with Crippen molar-refractivity contribution < 1.29 is 24.5 Å². The largest absolute Gasteiger partial charge is 0.478 e. The van der Waals surface area contributed by atoms with E-state index in [1.807, 2.05) is 19.9 Å². The monoisotopic (exact) mass is 515 g/mol. The van der Waals surface area contributed by atoms with Crippen LogP contribution in [0.15, 0.2) is 34.9 Å². The van der Waals surface area contributed by atoms with Gasteiger partial charge in [-0.15, -0.1) is 0 Å². The zero-order valence-electron chi connectivity index (χ0n) is 22.9. The number of carbonyl (C=O) groups is 2. The maximum Gasteiger partial charge on any atom is 0.335 e. The van der Waals surface area contributed by atoms with Crippen LogP contribution in [0.3, 0.4) is 0 Å². The normalized spacial score (nSPS) is 46.5. The average molecular weight is 516 g/mol. The van der Waals surface area contributed by atoms with Crippen molar-refractivity contribution in [2.45, 2.75) is 103 Å². The maximum atomic E-state index is 12.6. The van der Waals surface area contributed by atoms with Gasteiger partial charge in [-0.05, 0) is 92.6 Å². The number of rotatable bonds is 4. The van der Waals surface area contributed by atoms with Gasteiger partial charge in [0.05, 0.1) is 11.7 Å². The van der Waals surface area contributed by atoms with Gasteiger partial charge in [-0.3, -0.25) is 4.79 Å². The Kier molecular flexibility index (Phi) is 7.29. The summed E-state index contributed by atoms with van der Waals surface area (Å²) in [6, 6.07) is -0.589. The van der Waals surface area contributed by atoms with Crippen molar-refractivity contribution in [1.29, 1.82) is 0 Å². The number of aliphatic hydroxyl groups excluding tert-OH is 1. The van der Waals surface area contributed by atoms with Gasteiger partial charge in [-0.25, -0.2) is 4.79 Å². The molecule has 8 heteroatoms. The molecule has 4 aliphatic rings. The van der Waals surface area contributed by atoms with Crippen LogP contribution in [0.2, 0.25) is 0 Å². The predicted molar refractivity (Wildman–Crippen MR) is 142 cm³/mol. The van der Waals surface area contributed by atoms with Crippen molar-refractivity contribution in [3.05, 3.63) is 34.9 Å². The summed E-state index contributed by atoms with van der Waals surface area (Å²) in [5.74, 6) is -1.67. The molecule has 0 aromatic heterocycles. The zero-order valence-corrected chi connectivity index (χ0v) is 22.9. The quantitative estimate of drug-likeness (QED) is 0.217. The smallest absolute Gasteiger partial charge is 0.335 e. The second-order valence-corrected chi connectivity index (χ2v) is 12.8. The summed E-state index contributed by atoms with van der Waals surface area (Å²) in [4.78, 5) is 24.7. The first-order valence-electron chi connectivity index (χ1n) is 13.6. The number of ether oxygens (including phenoxy) is 1. The molecule has 4 saturated carbocycles. The van der Waals surface area contributed by atoms with E-state index in [0.29, 0.717) is 31.3 Å². The highest BCUT2D eigenvalue weighted by Crippen LogP contribution is 2.69. The molecule has 0 heterocycles. The van der Waals surface area contributed by atoms with Crippen LogP contribution in [0, 0.1) is 28.6 Å².